The maximum atomic E-state index is 15.8. The van der Waals surface area contributed by atoms with Gasteiger partial charge in [0.1, 0.15) is 30.1 Å². The molecule has 2 heterocycles. The summed E-state index contributed by atoms with van der Waals surface area (Å²) in [5.74, 6) is -3.03. The van der Waals surface area contributed by atoms with Gasteiger partial charge in [-0.1, -0.05) is 50.3 Å². The van der Waals surface area contributed by atoms with Crippen molar-refractivity contribution in [3.05, 3.63) is 127 Å². The Hall–Kier alpha value is -4.37. The van der Waals surface area contributed by atoms with Crippen LogP contribution in [0.1, 0.15) is 57.2 Å². The van der Waals surface area contributed by atoms with Crippen LogP contribution in [0.4, 0.5) is 13.2 Å². The van der Waals surface area contributed by atoms with Crippen LogP contribution in [-0.2, 0) is 49.3 Å². The number of rotatable bonds is 23. The van der Waals surface area contributed by atoms with Crippen molar-refractivity contribution in [1.82, 2.24) is 20.1 Å². The van der Waals surface area contributed by atoms with Crippen molar-refractivity contribution >= 4 is 31.6 Å². The molecule has 0 spiro atoms. The summed E-state index contributed by atoms with van der Waals surface area (Å²) in [6.07, 6.45) is 10.1. The Labute approximate surface area is 354 Å². The number of carbonyl (C=O) groups excluding carboxylic acids is 1. The summed E-state index contributed by atoms with van der Waals surface area (Å²) < 4.78 is 92.6. The van der Waals surface area contributed by atoms with E-state index in [1.165, 1.54) is 59.4 Å². The monoisotopic (exact) mass is 875 g/mol. The minimum atomic E-state index is -4.03. The van der Waals surface area contributed by atoms with E-state index in [0.717, 1.165) is 25.2 Å². The Bertz CT molecular complexity index is 1940. The third-order valence-electron chi connectivity index (χ3n) is 8.54. The number of benzene rings is 2. The van der Waals surface area contributed by atoms with Crippen molar-refractivity contribution in [2.75, 3.05) is 39.5 Å². The van der Waals surface area contributed by atoms with Gasteiger partial charge in [-0.25, -0.2) is 27.4 Å². The zero-order valence-electron chi connectivity index (χ0n) is 34.2. The molecule has 3 aromatic rings. The minimum Gasteiger partial charge on any atom is -0.451 e. The molecule has 0 aliphatic carbocycles. The van der Waals surface area contributed by atoms with Crippen LogP contribution in [0.3, 0.4) is 0 Å². The largest absolute Gasteiger partial charge is 0.475 e. The van der Waals surface area contributed by atoms with Crippen LogP contribution in [0.15, 0.2) is 92.6 Å². The highest BCUT2D eigenvalue weighted by atomic mass is 32.2. The molecule has 1 N–H and O–H groups in total. The second-order valence-electron chi connectivity index (χ2n) is 13.1. The number of esters is 1. The Morgan fingerprint density at radius 1 is 1.08 bits per heavy atom. The lowest BCUT2D eigenvalue weighted by atomic mass is 9.89. The fourth-order valence-corrected chi connectivity index (χ4v) is 8.29. The summed E-state index contributed by atoms with van der Waals surface area (Å²) in [4.78, 5) is 17.7. The van der Waals surface area contributed by atoms with Gasteiger partial charge in [0.25, 0.3) is 0 Å². The number of aromatic nitrogens is 3. The van der Waals surface area contributed by atoms with Crippen molar-refractivity contribution in [3.8, 4) is 6.07 Å². The van der Waals surface area contributed by atoms with E-state index in [0.29, 0.717) is 11.6 Å². The number of halogens is 3. The quantitative estimate of drug-likeness (QED) is 0.0420. The molecule has 326 valence electrons. The molecule has 1 saturated heterocycles. The summed E-state index contributed by atoms with van der Waals surface area (Å²) in [6.45, 7) is 16.8. The molecular formula is C42H53F3N5O8PS. The molecule has 0 bridgehead atoms. The van der Waals surface area contributed by atoms with Crippen molar-refractivity contribution in [2.24, 2.45) is 0 Å². The van der Waals surface area contributed by atoms with Crippen molar-refractivity contribution in [2.45, 2.75) is 75.6 Å². The number of thioether (sulfide) groups is 1. The van der Waals surface area contributed by atoms with Crippen LogP contribution in [0.2, 0.25) is 0 Å². The van der Waals surface area contributed by atoms with Crippen LogP contribution >= 0.6 is 19.6 Å². The first-order chi connectivity index (χ1) is 28.8. The van der Waals surface area contributed by atoms with Crippen LogP contribution in [0.5, 0.6) is 0 Å². The summed E-state index contributed by atoms with van der Waals surface area (Å²) in [7, 11) is -4.03. The number of ether oxygens (including phenoxy) is 3. The number of phosphoric ester groups is 1. The molecule has 2 aromatic carbocycles. The second-order valence-corrected chi connectivity index (χ2v) is 16.4. The molecule has 1 fully saturated rings. The van der Waals surface area contributed by atoms with Gasteiger partial charge in [-0.3, -0.25) is 18.4 Å². The molecule has 18 heteroatoms. The highest BCUT2D eigenvalue weighted by molar-refractivity contribution is 8.00. The maximum absolute atomic E-state index is 15.8. The first kappa shape index (κ1) is 50.0. The minimum absolute atomic E-state index is 0.0152. The molecular weight excluding hydrogens is 823 g/mol. The van der Waals surface area contributed by atoms with Gasteiger partial charge >= 0.3 is 13.8 Å². The lowest BCUT2D eigenvalue weighted by Gasteiger charge is -2.40. The van der Waals surface area contributed by atoms with E-state index >= 15 is 4.39 Å². The molecule has 13 nitrogen and oxygen atoms in total. The van der Waals surface area contributed by atoms with Crippen molar-refractivity contribution in [3.63, 3.8) is 0 Å². The predicted octanol–water partition coefficient (Wildman–Crippen LogP) is 8.45. The summed E-state index contributed by atoms with van der Waals surface area (Å²) in [6, 6.07) is 9.09. The molecule has 1 aliphatic rings. The lowest BCUT2D eigenvalue weighted by molar-refractivity contribution is -0.164. The van der Waals surface area contributed by atoms with Crippen LogP contribution in [0, 0.1) is 28.8 Å². The van der Waals surface area contributed by atoms with Gasteiger partial charge in [0.2, 0.25) is 0 Å². The Balaban J connectivity index is 0.00000181. The molecule has 60 heavy (non-hydrogen) atoms. The SMILES string of the molecule is C=CCOP(=O)(OCC=C)OC(C)CCC(=O)O[C@@](Cn1cncn1)(c1ccc(F)cc1F)[C@@H](C)SC1COC(C=CC=Cc2ccc(C#N)cc2F)OC1.CCNCC. The molecule has 3 atom stereocenters. The third kappa shape index (κ3) is 16.2. The molecule has 0 saturated carbocycles. The average Bonchev–Trinajstić information content (AvgIpc) is 3.74. The van der Waals surface area contributed by atoms with Gasteiger partial charge in [0.05, 0.1) is 56.0 Å². The predicted molar refractivity (Wildman–Crippen MR) is 224 cm³/mol. The number of hydrogen-bond donors (Lipinski definition) is 1. The van der Waals surface area contributed by atoms with E-state index in [2.05, 4.69) is 42.4 Å². The fraction of sp³-hybridized carbons (Fsp3) is 0.429. The molecule has 1 aliphatic heterocycles. The van der Waals surface area contributed by atoms with Gasteiger partial charge in [-0.2, -0.15) is 10.4 Å². The van der Waals surface area contributed by atoms with Gasteiger partial charge in [-0.15, -0.1) is 24.9 Å². The zero-order chi connectivity index (χ0) is 44.0. The van der Waals surface area contributed by atoms with Crippen molar-refractivity contribution in [1.29, 1.82) is 5.26 Å². The molecule has 4 rings (SSSR count). The topological polar surface area (TPSA) is 156 Å². The van der Waals surface area contributed by atoms with E-state index in [-0.39, 0.29) is 62.2 Å². The molecule has 0 radical (unpaired) electrons. The Kier molecular flexibility index (Phi) is 21.7. The van der Waals surface area contributed by atoms with Crippen LogP contribution in [-0.4, -0.2) is 83.1 Å². The normalized spacial score (nSPS) is 17.6. The first-order valence-corrected chi connectivity index (χ1v) is 21.6. The smallest absolute Gasteiger partial charge is 0.451 e. The highest BCUT2D eigenvalue weighted by Gasteiger charge is 2.46. The Morgan fingerprint density at radius 2 is 1.78 bits per heavy atom. The number of carbonyl (C=O) groups is 1. The summed E-state index contributed by atoms with van der Waals surface area (Å²) in [5.41, 5.74) is -1.32. The second kappa shape index (κ2) is 26.1. The van der Waals surface area contributed by atoms with E-state index < -0.39 is 54.5 Å². The van der Waals surface area contributed by atoms with E-state index in [1.807, 2.05) is 6.07 Å². The van der Waals surface area contributed by atoms with Gasteiger partial charge in [0, 0.05) is 28.9 Å². The fourth-order valence-electron chi connectivity index (χ4n) is 5.61. The summed E-state index contributed by atoms with van der Waals surface area (Å²) in [5, 5.41) is 15.2. The first-order valence-electron chi connectivity index (χ1n) is 19.2. The number of hydrogen-bond acceptors (Lipinski definition) is 13. The van der Waals surface area contributed by atoms with E-state index in [1.54, 1.807) is 38.2 Å². The van der Waals surface area contributed by atoms with Crippen LogP contribution in [0.25, 0.3) is 6.08 Å². The van der Waals surface area contributed by atoms with Gasteiger partial charge < -0.3 is 19.5 Å². The standard InChI is InChI=1S/C38H42F3N4O8PS.C4H11N/c1-5-17-50-54(47,51-18-6-2)53-27(3)11-16-36(46)52-38(24-45-26-43-25-44-45,33-15-14-31(39)20-35(33)41)28(4)55-32-22-48-37(49-23-32)10-8-7-9-30-13-12-29(21-42)19-34(30)40;1-3-5-4-2/h5-10,12-15,19-20,25-28,32,37H,1-2,11,16-18,22-24H2,3-4H3;5H,3-4H2,1-2H3/t27?,28-,32?,37?,38-;/m1./s1. The Morgan fingerprint density at radius 3 is 2.35 bits per heavy atom. The van der Waals surface area contributed by atoms with Gasteiger partial charge in [0.15, 0.2) is 11.9 Å². The van der Waals surface area contributed by atoms with E-state index in [9.17, 15) is 18.1 Å². The number of allylic oxidation sites excluding steroid dienone is 2. The summed E-state index contributed by atoms with van der Waals surface area (Å²) >= 11 is 1.32. The number of nitrogens with zero attached hydrogens (tertiary/aromatic N) is 4. The number of phosphoric acid groups is 1. The zero-order valence-corrected chi connectivity index (χ0v) is 35.9. The average molecular weight is 876 g/mol. The van der Waals surface area contributed by atoms with E-state index in [4.69, 9.17) is 33.0 Å². The lowest BCUT2D eigenvalue weighted by Crippen LogP contribution is -2.47. The molecule has 0 amide bonds. The maximum Gasteiger partial charge on any atom is 0.475 e. The molecule has 1 unspecified atom stereocenters. The van der Waals surface area contributed by atoms with Crippen molar-refractivity contribution < 1.29 is 50.3 Å². The molecule has 1 aromatic heterocycles. The number of nitrogens with one attached hydrogen (secondary N) is 1. The van der Waals surface area contributed by atoms with Gasteiger partial charge in [-0.05, 0) is 63.7 Å². The van der Waals surface area contributed by atoms with Crippen LogP contribution < -0.4 is 5.32 Å². The highest BCUT2D eigenvalue weighted by Crippen LogP contribution is 2.51. The number of nitriles is 1. The third-order valence-corrected chi connectivity index (χ3v) is 11.5.